The Labute approximate surface area is 111 Å². The Morgan fingerprint density at radius 3 is 2.58 bits per heavy atom. The summed E-state index contributed by atoms with van der Waals surface area (Å²) in [5.41, 5.74) is 5.52. The minimum atomic E-state index is 0.0988. The predicted molar refractivity (Wildman–Crippen MR) is 75.2 cm³/mol. The first kappa shape index (κ1) is 10.5. The Balaban J connectivity index is 2.12. The van der Waals surface area contributed by atoms with Crippen molar-refractivity contribution in [3.63, 3.8) is 0 Å². The minimum Gasteiger partial charge on any atom is -0.355 e. The first-order valence-electron chi connectivity index (χ1n) is 6.30. The van der Waals surface area contributed by atoms with Gasteiger partial charge in [0.1, 0.15) is 6.67 Å². The van der Waals surface area contributed by atoms with Gasteiger partial charge in [0.05, 0.1) is 5.71 Å². The lowest BCUT2D eigenvalue weighted by molar-refractivity contribution is 0.103. The molecule has 19 heavy (non-hydrogen) atoms. The monoisotopic (exact) mass is 248 g/mol. The van der Waals surface area contributed by atoms with Crippen LogP contribution < -0.4 is 4.90 Å². The van der Waals surface area contributed by atoms with Crippen LogP contribution in [-0.2, 0) is 0 Å². The van der Waals surface area contributed by atoms with Crippen LogP contribution in [0.1, 0.15) is 27.0 Å². The van der Waals surface area contributed by atoms with Crippen molar-refractivity contribution in [2.75, 3.05) is 18.6 Å². The van der Waals surface area contributed by atoms with E-state index in [1.54, 1.807) is 0 Å². The van der Waals surface area contributed by atoms with Gasteiger partial charge in [-0.25, -0.2) is 0 Å². The van der Waals surface area contributed by atoms with Gasteiger partial charge in [-0.2, -0.15) is 0 Å². The van der Waals surface area contributed by atoms with Crippen LogP contribution in [0.15, 0.2) is 47.5 Å². The molecule has 3 heteroatoms. The fourth-order valence-corrected chi connectivity index (χ4v) is 2.88. The van der Waals surface area contributed by atoms with Gasteiger partial charge in [-0.1, -0.05) is 36.4 Å². The van der Waals surface area contributed by atoms with E-state index < -0.39 is 0 Å². The number of fused-ring (bicyclic) bond motifs is 2. The molecule has 0 radical (unpaired) electrons. The Bertz CT molecular complexity index is 746. The van der Waals surface area contributed by atoms with Gasteiger partial charge >= 0.3 is 0 Å². The molecular formula is C16H12N2O. The van der Waals surface area contributed by atoms with Gasteiger partial charge in [0.2, 0.25) is 0 Å². The number of benzene rings is 2. The molecular weight excluding hydrogens is 236 g/mol. The van der Waals surface area contributed by atoms with Gasteiger partial charge in [-0.15, -0.1) is 0 Å². The Morgan fingerprint density at radius 1 is 1.00 bits per heavy atom. The summed E-state index contributed by atoms with van der Waals surface area (Å²) in [5.74, 6) is 0.0988. The van der Waals surface area contributed by atoms with Gasteiger partial charge in [-0.3, -0.25) is 9.79 Å². The number of nitrogens with zero attached hydrogens (tertiary/aromatic N) is 2. The SMILES string of the molecule is CN1CN=C2c3ccccc3C(=O)c3cccc1c32. The molecule has 3 nitrogen and oxygen atoms in total. The maximum absolute atomic E-state index is 12.6. The molecule has 2 aliphatic rings. The van der Waals surface area contributed by atoms with Crippen LogP contribution in [0.2, 0.25) is 0 Å². The molecule has 1 heterocycles. The summed E-state index contributed by atoms with van der Waals surface area (Å²) in [4.78, 5) is 19.3. The van der Waals surface area contributed by atoms with Crippen LogP contribution in [-0.4, -0.2) is 25.2 Å². The summed E-state index contributed by atoms with van der Waals surface area (Å²) in [6.07, 6.45) is 0. The number of carbonyl (C=O) groups excluding carboxylic acids is 1. The zero-order valence-electron chi connectivity index (χ0n) is 10.6. The fourth-order valence-electron chi connectivity index (χ4n) is 2.88. The number of hydrogen-bond donors (Lipinski definition) is 0. The lowest BCUT2D eigenvalue weighted by Crippen LogP contribution is -2.31. The molecule has 0 spiro atoms. The number of ketones is 1. The predicted octanol–water partition coefficient (Wildman–Crippen LogP) is 2.48. The zero-order valence-corrected chi connectivity index (χ0v) is 10.6. The highest BCUT2D eigenvalue weighted by molar-refractivity contribution is 6.32. The average molecular weight is 248 g/mol. The first-order chi connectivity index (χ1) is 9.27. The van der Waals surface area contributed by atoms with Crippen molar-refractivity contribution in [2.24, 2.45) is 4.99 Å². The van der Waals surface area contributed by atoms with Crippen LogP contribution in [0, 0.1) is 0 Å². The van der Waals surface area contributed by atoms with E-state index in [0.717, 1.165) is 33.7 Å². The summed E-state index contributed by atoms with van der Waals surface area (Å²) in [6, 6.07) is 13.6. The molecule has 1 aliphatic heterocycles. The van der Waals surface area contributed by atoms with Gasteiger partial charge in [0, 0.05) is 35.0 Å². The summed E-state index contributed by atoms with van der Waals surface area (Å²) in [5, 5.41) is 0. The first-order valence-corrected chi connectivity index (χ1v) is 6.30. The zero-order chi connectivity index (χ0) is 13.0. The van der Waals surface area contributed by atoms with Gasteiger partial charge < -0.3 is 4.90 Å². The molecule has 0 atom stereocenters. The van der Waals surface area contributed by atoms with E-state index in [0.29, 0.717) is 6.67 Å². The normalized spacial score (nSPS) is 15.7. The van der Waals surface area contributed by atoms with Crippen LogP contribution in [0.5, 0.6) is 0 Å². The van der Waals surface area contributed by atoms with Crippen LogP contribution in [0.3, 0.4) is 0 Å². The molecule has 0 fully saturated rings. The molecule has 1 aliphatic carbocycles. The third-order valence-electron chi connectivity index (χ3n) is 3.80. The summed E-state index contributed by atoms with van der Waals surface area (Å²) in [6.45, 7) is 0.633. The summed E-state index contributed by atoms with van der Waals surface area (Å²) >= 11 is 0. The molecule has 2 aromatic rings. The largest absolute Gasteiger partial charge is 0.355 e. The maximum Gasteiger partial charge on any atom is 0.194 e. The molecule has 0 amide bonds. The third-order valence-corrected chi connectivity index (χ3v) is 3.80. The van der Waals surface area contributed by atoms with E-state index in [2.05, 4.69) is 16.0 Å². The Morgan fingerprint density at radius 2 is 1.74 bits per heavy atom. The standard InChI is InChI=1S/C16H12N2O/c1-18-9-17-15-10-5-2-3-6-11(10)16(19)12-7-4-8-13(18)14(12)15/h2-8H,9H2,1H3. The van der Waals surface area contributed by atoms with Crippen molar-refractivity contribution >= 4 is 17.2 Å². The average Bonchev–Trinajstić information content (AvgIpc) is 2.46. The van der Waals surface area contributed by atoms with E-state index >= 15 is 0 Å². The highest BCUT2D eigenvalue weighted by Crippen LogP contribution is 2.35. The van der Waals surface area contributed by atoms with Gasteiger partial charge in [-0.05, 0) is 6.07 Å². The second kappa shape index (κ2) is 3.54. The summed E-state index contributed by atoms with van der Waals surface area (Å²) < 4.78 is 0. The molecule has 2 aromatic carbocycles. The van der Waals surface area contributed by atoms with Crippen molar-refractivity contribution in [3.05, 3.63) is 64.7 Å². The second-order valence-corrected chi connectivity index (χ2v) is 4.92. The van der Waals surface area contributed by atoms with Crippen molar-refractivity contribution in [3.8, 4) is 0 Å². The van der Waals surface area contributed by atoms with Crippen LogP contribution >= 0.6 is 0 Å². The number of rotatable bonds is 0. The van der Waals surface area contributed by atoms with Crippen molar-refractivity contribution < 1.29 is 4.79 Å². The van der Waals surface area contributed by atoms with Crippen molar-refractivity contribution in [2.45, 2.75) is 0 Å². The van der Waals surface area contributed by atoms with Gasteiger partial charge in [0.25, 0.3) is 0 Å². The lowest BCUT2D eigenvalue weighted by atomic mass is 9.82. The van der Waals surface area contributed by atoms with E-state index in [9.17, 15) is 4.79 Å². The minimum absolute atomic E-state index is 0.0988. The molecule has 0 saturated heterocycles. The van der Waals surface area contributed by atoms with Crippen LogP contribution in [0.25, 0.3) is 0 Å². The molecule has 92 valence electrons. The number of aliphatic imine (C=N–C) groups is 1. The number of anilines is 1. The van der Waals surface area contributed by atoms with Gasteiger partial charge in [0.15, 0.2) is 5.78 Å². The van der Waals surface area contributed by atoms with Crippen LogP contribution in [0.4, 0.5) is 5.69 Å². The van der Waals surface area contributed by atoms with Crippen molar-refractivity contribution in [1.82, 2.24) is 0 Å². The third kappa shape index (κ3) is 1.27. The summed E-state index contributed by atoms with van der Waals surface area (Å²) in [7, 11) is 2.00. The molecule has 0 aromatic heterocycles. The van der Waals surface area contributed by atoms with Crippen molar-refractivity contribution in [1.29, 1.82) is 0 Å². The Hall–Kier alpha value is -2.42. The lowest BCUT2D eigenvalue weighted by Gasteiger charge is -2.31. The number of hydrogen-bond acceptors (Lipinski definition) is 3. The molecule has 0 N–H and O–H groups in total. The maximum atomic E-state index is 12.6. The quantitative estimate of drug-likeness (QED) is 0.612. The van der Waals surface area contributed by atoms with E-state index in [4.69, 9.17) is 0 Å². The topological polar surface area (TPSA) is 32.7 Å². The van der Waals surface area contributed by atoms with E-state index in [1.807, 2.05) is 43.4 Å². The highest BCUT2D eigenvalue weighted by Gasteiger charge is 2.32. The fraction of sp³-hybridized carbons (Fsp3) is 0.125. The van der Waals surface area contributed by atoms with E-state index in [-0.39, 0.29) is 5.78 Å². The van der Waals surface area contributed by atoms with E-state index in [1.165, 1.54) is 0 Å². The Kier molecular flexibility index (Phi) is 1.96. The highest BCUT2D eigenvalue weighted by atomic mass is 16.1. The molecule has 0 bridgehead atoms. The number of carbonyl (C=O) groups is 1. The molecule has 4 rings (SSSR count). The smallest absolute Gasteiger partial charge is 0.194 e. The molecule has 0 saturated carbocycles. The molecule has 0 unspecified atom stereocenters. The second-order valence-electron chi connectivity index (χ2n) is 4.92.